The molecule has 0 amide bonds. The maximum Gasteiger partial charge on any atom is 0.307 e. The monoisotopic (exact) mass is 333 g/mol. The highest BCUT2D eigenvalue weighted by Crippen LogP contribution is 2.26. The molecule has 0 saturated carbocycles. The summed E-state index contributed by atoms with van der Waals surface area (Å²) in [4.78, 5) is 13.6. The largest absolute Gasteiger partial charge is 0.481 e. The SMILES string of the molecule is Cc1cc(Br)c(CNCC(CC(C)C)C(=O)O)s1. The normalized spacial score (nSPS) is 12.9. The fourth-order valence-corrected chi connectivity index (χ4v) is 3.63. The number of hydrogen-bond acceptors (Lipinski definition) is 3. The third-order valence-corrected chi connectivity index (χ3v) is 4.68. The Hall–Kier alpha value is -0.390. The van der Waals surface area contributed by atoms with E-state index in [-0.39, 0.29) is 5.92 Å². The second-order valence-corrected chi connectivity index (χ2v) is 7.12. The Labute approximate surface area is 121 Å². The molecule has 1 aromatic heterocycles. The molecule has 2 N–H and O–H groups in total. The van der Waals surface area contributed by atoms with Gasteiger partial charge in [0.05, 0.1) is 5.92 Å². The van der Waals surface area contributed by atoms with Crippen molar-refractivity contribution in [2.45, 2.75) is 33.7 Å². The van der Waals surface area contributed by atoms with Gasteiger partial charge in [0.25, 0.3) is 0 Å². The van der Waals surface area contributed by atoms with Crippen LogP contribution in [0.15, 0.2) is 10.5 Å². The van der Waals surface area contributed by atoms with Gasteiger partial charge in [0.1, 0.15) is 0 Å². The van der Waals surface area contributed by atoms with Crippen molar-refractivity contribution < 1.29 is 9.90 Å². The molecule has 102 valence electrons. The van der Waals surface area contributed by atoms with Gasteiger partial charge >= 0.3 is 5.97 Å². The predicted molar refractivity (Wildman–Crippen MR) is 79.0 cm³/mol. The van der Waals surface area contributed by atoms with Crippen LogP contribution in [-0.4, -0.2) is 17.6 Å². The Morgan fingerprint density at radius 1 is 1.56 bits per heavy atom. The van der Waals surface area contributed by atoms with Gasteiger partial charge in [0.2, 0.25) is 0 Å². The number of rotatable bonds is 7. The quantitative estimate of drug-likeness (QED) is 0.800. The van der Waals surface area contributed by atoms with Gasteiger partial charge in [-0.05, 0) is 41.3 Å². The molecule has 1 aromatic rings. The predicted octanol–water partition coefficient (Wildman–Crippen LogP) is 3.66. The fourth-order valence-electron chi connectivity index (χ4n) is 1.85. The van der Waals surface area contributed by atoms with E-state index < -0.39 is 5.97 Å². The summed E-state index contributed by atoms with van der Waals surface area (Å²) in [5.41, 5.74) is 0. The standard InChI is InChI=1S/C13H20BrNO2S/c1-8(2)4-10(13(16)17)6-15-7-12-11(14)5-9(3)18-12/h5,8,10,15H,4,6-7H2,1-3H3,(H,16,17). The first-order valence-electron chi connectivity index (χ1n) is 6.08. The Kier molecular flexibility index (Phi) is 6.32. The number of hydrogen-bond donors (Lipinski definition) is 2. The van der Waals surface area contributed by atoms with Crippen molar-refractivity contribution in [1.82, 2.24) is 5.32 Å². The molecule has 0 radical (unpaired) electrons. The van der Waals surface area contributed by atoms with E-state index in [4.69, 9.17) is 5.11 Å². The van der Waals surface area contributed by atoms with Gasteiger partial charge in [-0.2, -0.15) is 0 Å². The van der Waals surface area contributed by atoms with E-state index in [1.54, 1.807) is 11.3 Å². The van der Waals surface area contributed by atoms with E-state index in [2.05, 4.69) is 48.1 Å². The van der Waals surface area contributed by atoms with Crippen LogP contribution < -0.4 is 5.32 Å². The molecule has 0 aliphatic heterocycles. The number of carbonyl (C=O) groups is 1. The van der Waals surface area contributed by atoms with Crippen molar-refractivity contribution in [3.63, 3.8) is 0 Å². The average Bonchev–Trinajstić information content (AvgIpc) is 2.55. The van der Waals surface area contributed by atoms with Crippen LogP contribution in [0.5, 0.6) is 0 Å². The highest BCUT2D eigenvalue weighted by atomic mass is 79.9. The average molecular weight is 334 g/mol. The van der Waals surface area contributed by atoms with E-state index in [0.717, 1.165) is 11.0 Å². The molecule has 5 heteroatoms. The summed E-state index contributed by atoms with van der Waals surface area (Å²) in [6.45, 7) is 7.42. The van der Waals surface area contributed by atoms with Crippen LogP contribution in [0.4, 0.5) is 0 Å². The summed E-state index contributed by atoms with van der Waals surface area (Å²) in [6.07, 6.45) is 0.715. The Bertz CT molecular complexity index is 404. The van der Waals surface area contributed by atoms with Gasteiger partial charge in [-0.15, -0.1) is 11.3 Å². The number of nitrogens with one attached hydrogen (secondary N) is 1. The van der Waals surface area contributed by atoms with E-state index in [9.17, 15) is 4.79 Å². The summed E-state index contributed by atoms with van der Waals surface area (Å²) in [7, 11) is 0. The topological polar surface area (TPSA) is 49.3 Å². The van der Waals surface area contributed by atoms with Crippen molar-refractivity contribution in [3.8, 4) is 0 Å². The molecule has 18 heavy (non-hydrogen) atoms. The molecule has 1 atom stereocenters. The molecule has 0 spiro atoms. The van der Waals surface area contributed by atoms with Crippen LogP contribution in [0, 0.1) is 18.8 Å². The molecule has 0 aromatic carbocycles. The maximum absolute atomic E-state index is 11.1. The Balaban J connectivity index is 2.43. The minimum atomic E-state index is -0.711. The Morgan fingerprint density at radius 3 is 2.67 bits per heavy atom. The lowest BCUT2D eigenvalue weighted by Crippen LogP contribution is -2.29. The molecule has 0 bridgehead atoms. The number of aryl methyl sites for hydroxylation is 1. The summed E-state index contributed by atoms with van der Waals surface area (Å²) in [5, 5.41) is 12.4. The maximum atomic E-state index is 11.1. The molecular formula is C13H20BrNO2S. The van der Waals surface area contributed by atoms with E-state index in [0.29, 0.717) is 18.9 Å². The van der Waals surface area contributed by atoms with Gasteiger partial charge in [-0.25, -0.2) is 0 Å². The zero-order valence-corrected chi connectivity index (χ0v) is 13.4. The van der Waals surface area contributed by atoms with Crippen LogP contribution in [0.25, 0.3) is 0 Å². The minimum Gasteiger partial charge on any atom is -0.481 e. The number of carboxylic acids is 1. The number of thiophene rings is 1. The zero-order chi connectivity index (χ0) is 13.7. The van der Waals surface area contributed by atoms with Gasteiger partial charge < -0.3 is 10.4 Å². The first-order valence-corrected chi connectivity index (χ1v) is 7.69. The van der Waals surface area contributed by atoms with Crippen LogP contribution in [-0.2, 0) is 11.3 Å². The number of carboxylic acid groups (broad SMARTS) is 1. The van der Waals surface area contributed by atoms with Crippen molar-refractivity contribution in [3.05, 3.63) is 20.3 Å². The molecule has 0 fully saturated rings. The van der Waals surface area contributed by atoms with Crippen molar-refractivity contribution in [1.29, 1.82) is 0 Å². The van der Waals surface area contributed by atoms with E-state index in [1.807, 2.05) is 0 Å². The van der Waals surface area contributed by atoms with Crippen LogP contribution >= 0.6 is 27.3 Å². The highest BCUT2D eigenvalue weighted by Gasteiger charge is 2.18. The molecular weight excluding hydrogens is 314 g/mol. The smallest absolute Gasteiger partial charge is 0.307 e. The molecule has 1 heterocycles. The lowest BCUT2D eigenvalue weighted by Gasteiger charge is -2.15. The van der Waals surface area contributed by atoms with Crippen molar-refractivity contribution in [2.24, 2.45) is 11.8 Å². The van der Waals surface area contributed by atoms with Crippen LogP contribution in [0.3, 0.4) is 0 Å². The summed E-state index contributed by atoms with van der Waals surface area (Å²) >= 11 is 5.24. The number of halogens is 1. The third kappa shape index (κ3) is 5.08. The molecule has 0 aliphatic carbocycles. The van der Waals surface area contributed by atoms with Gasteiger partial charge in [-0.1, -0.05) is 13.8 Å². The third-order valence-electron chi connectivity index (χ3n) is 2.66. The lowest BCUT2D eigenvalue weighted by molar-refractivity contribution is -0.142. The van der Waals surface area contributed by atoms with Gasteiger partial charge in [0.15, 0.2) is 0 Å². The Morgan fingerprint density at radius 2 is 2.22 bits per heavy atom. The van der Waals surface area contributed by atoms with Crippen LogP contribution in [0.2, 0.25) is 0 Å². The number of aliphatic carboxylic acids is 1. The summed E-state index contributed by atoms with van der Waals surface area (Å²) in [5.74, 6) is -0.605. The lowest BCUT2D eigenvalue weighted by atomic mass is 9.97. The molecule has 3 nitrogen and oxygen atoms in total. The first-order chi connectivity index (χ1) is 8.40. The molecule has 1 unspecified atom stereocenters. The molecule has 0 aliphatic rings. The van der Waals surface area contributed by atoms with E-state index in [1.165, 1.54) is 9.75 Å². The second kappa shape index (κ2) is 7.26. The summed E-state index contributed by atoms with van der Waals surface area (Å²) < 4.78 is 1.10. The zero-order valence-electron chi connectivity index (χ0n) is 11.0. The van der Waals surface area contributed by atoms with Crippen molar-refractivity contribution in [2.75, 3.05) is 6.54 Å². The van der Waals surface area contributed by atoms with Crippen LogP contribution in [0.1, 0.15) is 30.0 Å². The highest BCUT2D eigenvalue weighted by molar-refractivity contribution is 9.10. The van der Waals surface area contributed by atoms with Crippen molar-refractivity contribution >= 4 is 33.2 Å². The minimum absolute atomic E-state index is 0.301. The summed E-state index contributed by atoms with van der Waals surface area (Å²) in [6, 6.07) is 2.09. The van der Waals surface area contributed by atoms with E-state index >= 15 is 0 Å². The second-order valence-electron chi connectivity index (χ2n) is 4.92. The molecule has 1 rings (SSSR count). The molecule has 0 saturated heterocycles. The van der Waals surface area contributed by atoms with Gasteiger partial charge in [0, 0.05) is 27.3 Å². The van der Waals surface area contributed by atoms with Gasteiger partial charge in [-0.3, -0.25) is 4.79 Å². The fraction of sp³-hybridized carbons (Fsp3) is 0.615. The first kappa shape index (κ1) is 15.7.